The molecule has 1 fully saturated rings. The van der Waals surface area contributed by atoms with E-state index in [-0.39, 0.29) is 11.9 Å². The van der Waals surface area contributed by atoms with Gasteiger partial charge in [-0.1, -0.05) is 6.42 Å². The van der Waals surface area contributed by atoms with Gasteiger partial charge in [0.15, 0.2) is 0 Å². The summed E-state index contributed by atoms with van der Waals surface area (Å²) in [7, 11) is 1.96. The third-order valence-corrected chi connectivity index (χ3v) is 2.22. The zero-order valence-electron chi connectivity index (χ0n) is 6.84. The van der Waals surface area contributed by atoms with Gasteiger partial charge in [-0.25, -0.2) is 5.84 Å². The van der Waals surface area contributed by atoms with E-state index in [1.54, 1.807) is 0 Å². The molecule has 1 rings (SSSR count). The van der Waals surface area contributed by atoms with Crippen LogP contribution in [0.5, 0.6) is 0 Å². The molecule has 4 nitrogen and oxygen atoms in total. The molecule has 4 heteroatoms. The van der Waals surface area contributed by atoms with Gasteiger partial charge in [0, 0.05) is 0 Å². The summed E-state index contributed by atoms with van der Waals surface area (Å²) in [5.74, 6) is 4.98. The van der Waals surface area contributed by atoms with Crippen LogP contribution >= 0.6 is 0 Å². The molecule has 0 radical (unpaired) electrons. The Morgan fingerprint density at radius 1 is 1.64 bits per heavy atom. The van der Waals surface area contributed by atoms with Crippen molar-refractivity contribution in [3.63, 3.8) is 0 Å². The second-order valence-corrected chi connectivity index (χ2v) is 3.00. The van der Waals surface area contributed by atoms with Crippen molar-refractivity contribution in [1.29, 1.82) is 0 Å². The standard InChI is InChI=1S/C7H15N3O/c1-10-5-3-2-4-6(10)7(11)9-8/h6H,2-5,8H2,1H3,(H,9,11)/t6-/m0/s1. The molecule has 1 aliphatic heterocycles. The Bertz CT molecular complexity index is 149. The zero-order chi connectivity index (χ0) is 8.27. The Labute approximate surface area is 66.7 Å². The van der Waals surface area contributed by atoms with Crippen LogP contribution in [0.1, 0.15) is 19.3 Å². The molecule has 0 bridgehead atoms. The summed E-state index contributed by atoms with van der Waals surface area (Å²) in [6.45, 7) is 0.998. The molecule has 1 aliphatic rings. The zero-order valence-corrected chi connectivity index (χ0v) is 6.84. The molecule has 0 aromatic rings. The van der Waals surface area contributed by atoms with Crippen LogP contribution in [0.2, 0.25) is 0 Å². The molecule has 1 atom stereocenters. The molecular weight excluding hydrogens is 142 g/mol. The quantitative estimate of drug-likeness (QED) is 0.305. The highest BCUT2D eigenvalue weighted by molar-refractivity contribution is 5.81. The molecule has 0 spiro atoms. The summed E-state index contributed by atoms with van der Waals surface area (Å²) < 4.78 is 0. The predicted octanol–water partition coefficient (Wildman–Crippen LogP) is -0.539. The number of likely N-dealkylation sites (tertiary alicyclic amines) is 1. The van der Waals surface area contributed by atoms with Gasteiger partial charge in [-0.15, -0.1) is 0 Å². The number of nitrogens with two attached hydrogens (primary N) is 1. The number of hydrogen-bond acceptors (Lipinski definition) is 3. The van der Waals surface area contributed by atoms with E-state index < -0.39 is 0 Å². The van der Waals surface area contributed by atoms with Crippen molar-refractivity contribution in [1.82, 2.24) is 10.3 Å². The first-order valence-corrected chi connectivity index (χ1v) is 3.96. The van der Waals surface area contributed by atoms with Gasteiger partial charge in [0.1, 0.15) is 0 Å². The van der Waals surface area contributed by atoms with E-state index >= 15 is 0 Å². The Balaban J connectivity index is 2.47. The number of rotatable bonds is 1. The van der Waals surface area contributed by atoms with Gasteiger partial charge in [-0.3, -0.25) is 15.1 Å². The van der Waals surface area contributed by atoms with E-state index in [0.717, 1.165) is 19.4 Å². The van der Waals surface area contributed by atoms with Gasteiger partial charge in [0.05, 0.1) is 6.04 Å². The lowest BCUT2D eigenvalue weighted by Crippen LogP contribution is -2.49. The maximum atomic E-state index is 11.1. The fourth-order valence-electron chi connectivity index (χ4n) is 1.50. The smallest absolute Gasteiger partial charge is 0.251 e. The molecule has 11 heavy (non-hydrogen) atoms. The molecule has 1 amide bonds. The van der Waals surface area contributed by atoms with E-state index in [1.807, 2.05) is 11.9 Å². The number of piperidine rings is 1. The van der Waals surface area contributed by atoms with Gasteiger partial charge >= 0.3 is 0 Å². The number of carbonyl (C=O) groups is 1. The number of nitrogens with one attached hydrogen (secondary N) is 1. The second kappa shape index (κ2) is 3.69. The van der Waals surface area contributed by atoms with Gasteiger partial charge in [-0.2, -0.15) is 0 Å². The van der Waals surface area contributed by atoms with Crippen LogP contribution in [-0.4, -0.2) is 30.4 Å². The van der Waals surface area contributed by atoms with Crippen LogP contribution in [0.4, 0.5) is 0 Å². The molecule has 64 valence electrons. The maximum absolute atomic E-state index is 11.1. The maximum Gasteiger partial charge on any atom is 0.251 e. The molecule has 0 aromatic heterocycles. The van der Waals surface area contributed by atoms with E-state index in [4.69, 9.17) is 5.84 Å². The van der Waals surface area contributed by atoms with Crippen LogP contribution in [0.25, 0.3) is 0 Å². The molecule has 0 saturated carbocycles. The lowest BCUT2D eigenvalue weighted by atomic mass is 10.0. The van der Waals surface area contributed by atoms with Crippen molar-refractivity contribution < 1.29 is 4.79 Å². The summed E-state index contributed by atoms with van der Waals surface area (Å²) in [4.78, 5) is 13.1. The minimum Gasteiger partial charge on any atom is -0.295 e. The molecule has 1 saturated heterocycles. The average Bonchev–Trinajstić information content (AvgIpc) is 2.04. The van der Waals surface area contributed by atoms with Crippen LogP contribution in [0.3, 0.4) is 0 Å². The first kappa shape index (κ1) is 8.49. The van der Waals surface area contributed by atoms with Crippen molar-refractivity contribution in [2.45, 2.75) is 25.3 Å². The van der Waals surface area contributed by atoms with Crippen molar-refractivity contribution in [3.8, 4) is 0 Å². The fourth-order valence-corrected chi connectivity index (χ4v) is 1.50. The highest BCUT2D eigenvalue weighted by atomic mass is 16.2. The van der Waals surface area contributed by atoms with Gasteiger partial charge in [-0.05, 0) is 26.4 Å². The Hall–Kier alpha value is -0.610. The van der Waals surface area contributed by atoms with E-state index in [2.05, 4.69) is 5.43 Å². The lowest BCUT2D eigenvalue weighted by Gasteiger charge is -2.30. The first-order valence-electron chi connectivity index (χ1n) is 3.96. The minimum absolute atomic E-state index is 0.00579. The number of amides is 1. The largest absolute Gasteiger partial charge is 0.295 e. The summed E-state index contributed by atoms with van der Waals surface area (Å²) in [5, 5.41) is 0. The lowest BCUT2D eigenvalue weighted by molar-refractivity contribution is -0.127. The second-order valence-electron chi connectivity index (χ2n) is 3.00. The molecule has 3 N–H and O–H groups in total. The molecule has 0 unspecified atom stereocenters. The molecular formula is C7H15N3O. The monoisotopic (exact) mass is 157 g/mol. The Kier molecular flexibility index (Phi) is 2.84. The predicted molar refractivity (Wildman–Crippen MR) is 42.6 cm³/mol. The van der Waals surface area contributed by atoms with E-state index in [0.29, 0.717) is 0 Å². The summed E-state index contributed by atoms with van der Waals surface area (Å²) in [5.41, 5.74) is 2.18. The number of likely N-dealkylation sites (N-methyl/N-ethyl adjacent to an activating group) is 1. The minimum atomic E-state index is -0.0628. The van der Waals surface area contributed by atoms with Crippen LogP contribution < -0.4 is 11.3 Å². The van der Waals surface area contributed by atoms with E-state index in [1.165, 1.54) is 6.42 Å². The number of hydrogen-bond donors (Lipinski definition) is 2. The number of hydrazine groups is 1. The first-order chi connectivity index (χ1) is 5.25. The van der Waals surface area contributed by atoms with Gasteiger partial charge < -0.3 is 0 Å². The Morgan fingerprint density at radius 3 is 2.91 bits per heavy atom. The third kappa shape index (κ3) is 1.91. The van der Waals surface area contributed by atoms with Gasteiger partial charge in [0.25, 0.3) is 5.91 Å². The van der Waals surface area contributed by atoms with Crippen LogP contribution in [0.15, 0.2) is 0 Å². The topological polar surface area (TPSA) is 58.4 Å². The molecule has 1 heterocycles. The van der Waals surface area contributed by atoms with Gasteiger partial charge in [0.2, 0.25) is 0 Å². The highest BCUT2D eigenvalue weighted by Gasteiger charge is 2.24. The van der Waals surface area contributed by atoms with Crippen molar-refractivity contribution in [3.05, 3.63) is 0 Å². The summed E-state index contributed by atoms with van der Waals surface area (Å²) >= 11 is 0. The third-order valence-electron chi connectivity index (χ3n) is 2.22. The van der Waals surface area contributed by atoms with Crippen LogP contribution in [-0.2, 0) is 4.79 Å². The average molecular weight is 157 g/mol. The van der Waals surface area contributed by atoms with Crippen LogP contribution in [0, 0.1) is 0 Å². The number of nitrogens with zero attached hydrogens (tertiary/aromatic N) is 1. The molecule has 0 aromatic carbocycles. The van der Waals surface area contributed by atoms with E-state index in [9.17, 15) is 4.79 Å². The van der Waals surface area contributed by atoms with Crippen molar-refractivity contribution in [2.75, 3.05) is 13.6 Å². The Morgan fingerprint density at radius 2 is 2.36 bits per heavy atom. The summed E-state index contributed by atoms with van der Waals surface area (Å²) in [6.07, 6.45) is 3.24. The number of carbonyl (C=O) groups excluding carboxylic acids is 1. The normalized spacial score (nSPS) is 26.5. The summed E-state index contributed by atoms with van der Waals surface area (Å²) in [6, 6.07) is -0.00579. The highest BCUT2D eigenvalue weighted by Crippen LogP contribution is 2.14. The van der Waals surface area contributed by atoms with Crippen molar-refractivity contribution >= 4 is 5.91 Å². The molecule has 0 aliphatic carbocycles. The SMILES string of the molecule is CN1CCCC[C@H]1C(=O)NN. The van der Waals surface area contributed by atoms with Crippen molar-refractivity contribution in [2.24, 2.45) is 5.84 Å². The fraction of sp³-hybridized carbons (Fsp3) is 0.857.